The molecule has 0 spiro atoms. The summed E-state index contributed by atoms with van der Waals surface area (Å²) in [4.78, 5) is 25.2. The predicted molar refractivity (Wildman–Crippen MR) is 59.8 cm³/mol. The average Bonchev–Trinajstić information content (AvgIpc) is 2.79. The van der Waals surface area contributed by atoms with Crippen LogP contribution in [-0.4, -0.2) is 48.9 Å². The standard InChI is InChI=1S/C11H19N3O2/c1-14-6-2-3-8(14)7-10(15)13-9-4-5-12-11(9)16/h8-9H,2-7H2,1H3,(H,12,16)(H,13,15)/t8-,9?/m0/s1. The van der Waals surface area contributed by atoms with Crippen LogP contribution in [-0.2, 0) is 9.59 Å². The fourth-order valence-corrected chi connectivity index (χ4v) is 2.44. The van der Waals surface area contributed by atoms with Gasteiger partial charge < -0.3 is 15.5 Å². The summed E-state index contributed by atoms with van der Waals surface area (Å²) >= 11 is 0. The van der Waals surface area contributed by atoms with E-state index in [9.17, 15) is 9.59 Å². The van der Waals surface area contributed by atoms with Gasteiger partial charge in [-0.1, -0.05) is 0 Å². The maximum Gasteiger partial charge on any atom is 0.242 e. The van der Waals surface area contributed by atoms with Crippen LogP contribution in [0.1, 0.15) is 25.7 Å². The van der Waals surface area contributed by atoms with E-state index >= 15 is 0 Å². The average molecular weight is 225 g/mol. The van der Waals surface area contributed by atoms with Crippen molar-refractivity contribution in [1.29, 1.82) is 0 Å². The third-order valence-corrected chi connectivity index (χ3v) is 3.48. The molecule has 0 saturated carbocycles. The maximum atomic E-state index is 11.7. The molecule has 5 nitrogen and oxygen atoms in total. The lowest BCUT2D eigenvalue weighted by atomic mass is 10.1. The Bertz CT molecular complexity index is 293. The van der Waals surface area contributed by atoms with Gasteiger partial charge in [0.25, 0.3) is 0 Å². The molecule has 2 aliphatic rings. The first kappa shape index (κ1) is 11.4. The first-order chi connectivity index (χ1) is 7.66. The number of hydrogen-bond donors (Lipinski definition) is 2. The Balaban J connectivity index is 1.77. The summed E-state index contributed by atoms with van der Waals surface area (Å²) in [6, 6.07) is 0.0451. The van der Waals surface area contributed by atoms with Crippen molar-refractivity contribution in [3.05, 3.63) is 0 Å². The van der Waals surface area contributed by atoms with E-state index in [-0.39, 0.29) is 17.9 Å². The van der Waals surface area contributed by atoms with Crippen LogP contribution < -0.4 is 10.6 Å². The first-order valence-corrected chi connectivity index (χ1v) is 5.94. The molecule has 0 aromatic rings. The molecule has 90 valence electrons. The van der Waals surface area contributed by atoms with Gasteiger partial charge in [0.05, 0.1) is 0 Å². The van der Waals surface area contributed by atoms with Crippen molar-refractivity contribution in [2.75, 3.05) is 20.1 Å². The minimum Gasteiger partial charge on any atom is -0.354 e. The first-order valence-electron chi connectivity index (χ1n) is 5.94. The maximum absolute atomic E-state index is 11.7. The van der Waals surface area contributed by atoms with Gasteiger partial charge in [-0.05, 0) is 32.9 Å². The van der Waals surface area contributed by atoms with Crippen molar-refractivity contribution >= 4 is 11.8 Å². The molecule has 2 aliphatic heterocycles. The van der Waals surface area contributed by atoms with E-state index in [0.29, 0.717) is 25.4 Å². The van der Waals surface area contributed by atoms with Crippen molar-refractivity contribution < 1.29 is 9.59 Å². The minimum absolute atomic E-state index is 0.000741. The second-order valence-corrected chi connectivity index (χ2v) is 4.68. The Morgan fingerprint density at radius 1 is 1.56 bits per heavy atom. The largest absolute Gasteiger partial charge is 0.354 e. The van der Waals surface area contributed by atoms with E-state index in [4.69, 9.17) is 0 Å². The summed E-state index contributed by atoms with van der Waals surface area (Å²) in [5.41, 5.74) is 0. The Morgan fingerprint density at radius 3 is 2.94 bits per heavy atom. The number of nitrogens with zero attached hydrogens (tertiary/aromatic N) is 1. The third-order valence-electron chi connectivity index (χ3n) is 3.48. The van der Waals surface area contributed by atoms with E-state index < -0.39 is 0 Å². The van der Waals surface area contributed by atoms with E-state index in [0.717, 1.165) is 13.0 Å². The second kappa shape index (κ2) is 4.82. The summed E-state index contributed by atoms with van der Waals surface area (Å²) in [7, 11) is 2.05. The topological polar surface area (TPSA) is 61.4 Å². The van der Waals surface area contributed by atoms with Gasteiger partial charge >= 0.3 is 0 Å². The Morgan fingerprint density at radius 2 is 2.38 bits per heavy atom. The summed E-state index contributed by atoms with van der Waals surface area (Å²) < 4.78 is 0. The summed E-state index contributed by atoms with van der Waals surface area (Å²) in [6.45, 7) is 1.75. The highest BCUT2D eigenvalue weighted by atomic mass is 16.2. The van der Waals surface area contributed by atoms with Gasteiger partial charge in [-0.25, -0.2) is 0 Å². The molecular weight excluding hydrogens is 206 g/mol. The molecule has 0 radical (unpaired) electrons. The molecule has 2 N–H and O–H groups in total. The van der Waals surface area contributed by atoms with E-state index in [1.54, 1.807) is 0 Å². The lowest BCUT2D eigenvalue weighted by Crippen LogP contribution is -2.42. The fourth-order valence-electron chi connectivity index (χ4n) is 2.44. The lowest BCUT2D eigenvalue weighted by Gasteiger charge is -2.19. The van der Waals surface area contributed by atoms with E-state index in [1.165, 1.54) is 6.42 Å². The molecule has 16 heavy (non-hydrogen) atoms. The molecule has 0 aliphatic carbocycles. The van der Waals surface area contributed by atoms with Crippen LogP contribution in [0.5, 0.6) is 0 Å². The minimum atomic E-state index is -0.306. The quantitative estimate of drug-likeness (QED) is 0.679. The Hall–Kier alpha value is -1.10. The highest BCUT2D eigenvalue weighted by molar-refractivity contribution is 5.89. The zero-order valence-corrected chi connectivity index (χ0v) is 9.66. The highest BCUT2D eigenvalue weighted by Gasteiger charge is 2.28. The lowest BCUT2D eigenvalue weighted by molar-refractivity contribution is -0.127. The van der Waals surface area contributed by atoms with Crippen molar-refractivity contribution in [3.63, 3.8) is 0 Å². The van der Waals surface area contributed by atoms with Gasteiger partial charge in [0.2, 0.25) is 11.8 Å². The fraction of sp³-hybridized carbons (Fsp3) is 0.818. The summed E-state index contributed by atoms with van der Waals surface area (Å²) in [5.74, 6) is -0.0473. The molecule has 2 amide bonds. The predicted octanol–water partition coefficient (Wildman–Crippen LogP) is -0.525. The summed E-state index contributed by atoms with van der Waals surface area (Å²) in [5, 5.41) is 5.51. The zero-order chi connectivity index (χ0) is 11.5. The van der Waals surface area contributed by atoms with Crippen LogP contribution in [0.4, 0.5) is 0 Å². The van der Waals surface area contributed by atoms with E-state index in [2.05, 4.69) is 15.5 Å². The third kappa shape index (κ3) is 2.52. The zero-order valence-electron chi connectivity index (χ0n) is 9.66. The van der Waals surface area contributed by atoms with Crippen LogP contribution in [0, 0.1) is 0 Å². The second-order valence-electron chi connectivity index (χ2n) is 4.68. The highest BCUT2D eigenvalue weighted by Crippen LogP contribution is 2.17. The monoisotopic (exact) mass is 225 g/mol. The molecule has 2 fully saturated rings. The number of carbonyl (C=O) groups is 2. The molecule has 2 heterocycles. The molecule has 2 saturated heterocycles. The van der Waals surface area contributed by atoms with Crippen LogP contribution >= 0.6 is 0 Å². The molecule has 2 rings (SSSR count). The van der Waals surface area contributed by atoms with Gasteiger partial charge in [0.15, 0.2) is 0 Å². The molecule has 0 aromatic heterocycles. The van der Waals surface area contributed by atoms with Gasteiger partial charge in [0, 0.05) is 19.0 Å². The smallest absolute Gasteiger partial charge is 0.242 e. The molecule has 0 bridgehead atoms. The van der Waals surface area contributed by atoms with Gasteiger partial charge in [-0.3, -0.25) is 9.59 Å². The summed E-state index contributed by atoms with van der Waals surface area (Å²) in [6.07, 6.45) is 3.48. The Kier molecular flexibility index (Phi) is 3.43. The van der Waals surface area contributed by atoms with Crippen molar-refractivity contribution in [3.8, 4) is 0 Å². The van der Waals surface area contributed by atoms with Crippen molar-refractivity contribution in [2.24, 2.45) is 0 Å². The number of hydrogen-bond acceptors (Lipinski definition) is 3. The van der Waals surface area contributed by atoms with Crippen LogP contribution in [0.3, 0.4) is 0 Å². The number of amides is 2. The molecule has 0 aromatic carbocycles. The van der Waals surface area contributed by atoms with Crippen LogP contribution in [0.2, 0.25) is 0 Å². The van der Waals surface area contributed by atoms with Gasteiger partial charge in [0.1, 0.15) is 6.04 Å². The van der Waals surface area contributed by atoms with Gasteiger partial charge in [-0.2, -0.15) is 0 Å². The number of rotatable bonds is 3. The van der Waals surface area contributed by atoms with Gasteiger partial charge in [-0.15, -0.1) is 0 Å². The number of nitrogens with one attached hydrogen (secondary N) is 2. The van der Waals surface area contributed by atoms with E-state index in [1.807, 2.05) is 7.05 Å². The van der Waals surface area contributed by atoms with Crippen molar-refractivity contribution in [1.82, 2.24) is 15.5 Å². The molecular formula is C11H19N3O2. The molecule has 1 unspecified atom stereocenters. The number of likely N-dealkylation sites (tertiary alicyclic amines) is 1. The SMILES string of the molecule is CN1CCC[C@H]1CC(=O)NC1CCNC1=O. The van der Waals surface area contributed by atoms with Crippen LogP contribution in [0.15, 0.2) is 0 Å². The Labute approximate surface area is 95.6 Å². The number of carbonyl (C=O) groups excluding carboxylic acids is 2. The molecule has 5 heteroatoms. The molecule has 2 atom stereocenters. The normalized spacial score (nSPS) is 30.4. The van der Waals surface area contributed by atoms with Crippen LogP contribution in [0.25, 0.3) is 0 Å². The van der Waals surface area contributed by atoms with Crippen molar-refractivity contribution in [2.45, 2.75) is 37.8 Å².